The summed E-state index contributed by atoms with van der Waals surface area (Å²) < 4.78 is 0. The summed E-state index contributed by atoms with van der Waals surface area (Å²) in [6.07, 6.45) is 0.770. The average molecular weight is 176 g/mol. The maximum Gasteiger partial charge on any atom is 0.0931 e. The van der Waals surface area contributed by atoms with Gasteiger partial charge in [0.05, 0.1) is 5.84 Å². The summed E-state index contributed by atoms with van der Waals surface area (Å²) >= 11 is 0. The van der Waals surface area contributed by atoms with Gasteiger partial charge in [0.15, 0.2) is 0 Å². The Balaban J connectivity index is 2.50. The van der Waals surface area contributed by atoms with E-state index >= 15 is 0 Å². The Morgan fingerprint density at radius 1 is 1.46 bits per heavy atom. The summed E-state index contributed by atoms with van der Waals surface area (Å²) in [5.41, 5.74) is 2.50. The molecule has 0 saturated heterocycles. The zero-order valence-electron chi connectivity index (χ0n) is 8.22. The summed E-state index contributed by atoms with van der Waals surface area (Å²) in [4.78, 5) is 0. The molecule has 0 bridgehead atoms. The minimum Gasteiger partial charge on any atom is -0.370 e. The van der Waals surface area contributed by atoms with Crippen molar-refractivity contribution < 1.29 is 0 Å². The van der Waals surface area contributed by atoms with Crippen LogP contribution < -0.4 is 5.32 Å². The number of hydrogen-bond donors (Lipinski definition) is 2. The fraction of sp³-hybridized carbons (Fsp3) is 0.364. The van der Waals surface area contributed by atoms with Crippen molar-refractivity contribution in [2.24, 2.45) is 0 Å². The van der Waals surface area contributed by atoms with Crippen LogP contribution in [0.15, 0.2) is 24.3 Å². The first kappa shape index (κ1) is 9.78. The molecule has 1 aromatic rings. The standard InChI is InChI=1S/C11H16N2/c1-3-11(12)13-8-10-6-4-5-9(2)7-10/h4-7H,3,8H2,1-2H3,(H2,12,13). The lowest BCUT2D eigenvalue weighted by Crippen LogP contribution is -2.20. The summed E-state index contributed by atoms with van der Waals surface area (Å²) in [6.45, 7) is 4.81. The van der Waals surface area contributed by atoms with E-state index in [2.05, 4.69) is 30.4 Å². The van der Waals surface area contributed by atoms with Crippen LogP contribution in [0.1, 0.15) is 24.5 Å². The lowest BCUT2D eigenvalue weighted by Gasteiger charge is -2.06. The highest BCUT2D eigenvalue weighted by atomic mass is 14.9. The zero-order chi connectivity index (χ0) is 9.68. The molecule has 0 aromatic heterocycles. The summed E-state index contributed by atoms with van der Waals surface area (Å²) in [5.74, 6) is 0.599. The minimum absolute atomic E-state index is 0.599. The minimum atomic E-state index is 0.599. The molecule has 0 aliphatic carbocycles. The highest BCUT2D eigenvalue weighted by Gasteiger charge is 1.94. The molecule has 2 heteroatoms. The van der Waals surface area contributed by atoms with Gasteiger partial charge >= 0.3 is 0 Å². The van der Waals surface area contributed by atoms with E-state index in [9.17, 15) is 0 Å². The number of rotatable bonds is 3. The monoisotopic (exact) mass is 176 g/mol. The third kappa shape index (κ3) is 3.28. The van der Waals surface area contributed by atoms with Crippen molar-refractivity contribution in [3.8, 4) is 0 Å². The van der Waals surface area contributed by atoms with E-state index in [-0.39, 0.29) is 0 Å². The fourth-order valence-corrected chi connectivity index (χ4v) is 1.16. The molecule has 0 heterocycles. The number of amidine groups is 1. The molecule has 0 amide bonds. The van der Waals surface area contributed by atoms with E-state index in [1.54, 1.807) is 0 Å². The summed E-state index contributed by atoms with van der Waals surface area (Å²) in [7, 11) is 0. The van der Waals surface area contributed by atoms with Crippen LogP contribution in [0.25, 0.3) is 0 Å². The van der Waals surface area contributed by atoms with Crippen molar-refractivity contribution in [3.63, 3.8) is 0 Å². The van der Waals surface area contributed by atoms with Crippen molar-refractivity contribution in [2.75, 3.05) is 0 Å². The molecule has 0 aliphatic heterocycles. The van der Waals surface area contributed by atoms with Crippen LogP contribution in [0.5, 0.6) is 0 Å². The van der Waals surface area contributed by atoms with Gasteiger partial charge in [0, 0.05) is 13.0 Å². The Morgan fingerprint density at radius 3 is 2.85 bits per heavy atom. The maximum absolute atomic E-state index is 7.43. The fourth-order valence-electron chi connectivity index (χ4n) is 1.16. The first-order chi connectivity index (χ1) is 6.22. The van der Waals surface area contributed by atoms with Crippen LogP contribution in [-0.2, 0) is 6.54 Å². The molecule has 2 N–H and O–H groups in total. The Hall–Kier alpha value is -1.31. The Bertz CT molecular complexity index is 292. The Kier molecular flexibility index (Phi) is 3.50. The van der Waals surface area contributed by atoms with E-state index in [1.165, 1.54) is 11.1 Å². The molecular formula is C11H16N2. The quantitative estimate of drug-likeness (QED) is 0.538. The molecule has 0 spiro atoms. The third-order valence-electron chi connectivity index (χ3n) is 1.94. The predicted octanol–water partition coefficient (Wildman–Crippen LogP) is 2.47. The van der Waals surface area contributed by atoms with Gasteiger partial charge in [0.25, 0.3) is 0 Å². The van der Waals surface area contributed by atoms with E-state index in [4.69, 9.17) is 5.41 Å². The number of aryl methyl sites for hydroxylation is 1. The molecule has 0 atom stereocenters. The number of nitrogens with one attached hydrogen (secondary N) is 2. The number of hydrogen-bond acceptors (Lipinski definition) is 1. The van der Waals surface area contributed by atoms with Crippen LogP contribution in [0.2, 0.25) is 0 Å². The van der Waals surface area contributed by atoms with Gasteiger partial charge < -0.3 is 5.32 Å². The molecule has 13 heavy (non-hydrogen) atoms. The maximum atomic E-state index is 7.43. The van der Waals surface area contributed by atoms with Crippen LogP contribution in [0.4, 0.5) is 0 Å². The smallest absolute Gasteiger partial charge is 0.0931 e. The van der Waals surface area contributed by atoms with Gasteiger partial charge in [-0.3, -0.25) is 5.41 Å². The van der Waals surface area contributed by atoms with Gasteiger partial charge in [-0.15, -0.1) is 0 Å². The van der Waals surface area contributed by atoms with Gasteiger partial charge in [0.1, 0.15) is 0 Å². The molecule has 2 nitrogen and oxygen atoms in total. The molecule has 0 fully saturated rings. The van der Waals surface area contributed by atoms with E-state index in [1.807, 2.05) is 13.0 Å². The van der Waals surface area contributed by atoms with Gasteiger partial charge in [-0.05, 0) is 12.5 Å². The van der Waals surface area contributed by atoms with Crippen molar-refractivity contribution in [1.29, 1.82) is 5.41 Å². The average Bonchev–Trinajstić information content (AvgIpc) is 2.14. The van der Waals surface area contributed by atoms with Gasteiger partial charge in [-0.2, -0.15) is 0 Å². The second kappa shape index (κ2) is 4.65. The molecule has 1 aromatic carbocycles. The van der Waals surface area contributed by atoms with Gasteiger partial charge in [0.2, 0.25) is 0 Å². The third-order valence-corrected chi connectivity index (χ3v) is 1.94. The first-order valence-electron chi connectivity index (χ1n) is 4.59. The molecule has 70 valence electrons. The molecule has 1 rings (SSSR count). The van der Waals surface area contributed by atoms with Gasteiger partial charge in [-0.1, -0.05) is 36.8 Å². The van der Waals surface area contributed by atoms with Crippen LogP contribution >= 0.6 is 0 Å². The van der Waals surface area contributed by atoms with Crippen molar-refractivity contribution >= 4 is 5.84 Å². The van der Waals surface area contributed by atoms with E-state index < -0.39 is 0 Å². The summed E-state index contributed by atoms with van der Waals surface area (Å²) in [5, 5.41) is 10.5. The Morgan fingerprint density at radius 2 is 2.23 bits per heavy atom. The molecule has 0 aliphatic rings. The molecular weight excluding hydrogens is 160 g/mol. The van der Waals surface area contributed by atoms with Crippen LogP contribution in [-0.4, -0.2) is 5.84 Å². The lowest BCUT2D eigenvalue weighted by atomic mass is 10.1. The largest absolute Gasteiger partial charge is 0.370 e. The zero-order valence-corrected chi connectivity index (χ0v) is 8.22. The summed E-state index contributed by atoms with van der Waals surface area (Å²) in [6, 6.07) is 8.33. The van der Waals surface area contributed by atoms with Crippen molar-refractivity contribution in [1.82, 2.24) is 5.32 Å². The van der Waals surface area contributed by atoms with E-state index in [0.29, 0.717) is 5.84 Å². The normalized spacial score (nSPS) is 9.69. The molecule has 0 saturated carbocycles. The molecule has 0 unspecified atom stereocenters. The molecule has 0 radical (unpaired) electrons. The predicted molar refractivity (Wildman–Crippen MR) is 56.0 cm³/mol. The highest BCUT2D eigenvalue weighted by Crippen LogP contribution is 2.03. The first-order valence-corrected chi connectivity index (χ1v) is 4.59. The SMILES string of the molecule is CCC(=N)NCc1cccc(C)c1. The van der Waals surface area contributed by atoms with Crippen molar-refractivity contribution in [3.05, 3.63) is 35.4 Å². The second-order valence-electron chi connectivity index (χ2n) is 3.17. The van der Waals surface area contributed by atoms with E-state index in [0.717, 1.165) is 13.0 Å². The topological polar surface area (TPSA) is 35.9 Å². The highest BCUT2D eigenvalue weighted by molar-refractivity contribution is 5.78. The van der Waals surface area contributed by atoms with Gasteiger partial charge in [-0.25, -0.2) is 0 Å². The second-order valence-corrected chi connectivity index (χ2v) is 3.17. The Labute approximate surface area is 79.5 Å². The van der Waals surface area contributed by atoms with Crippen LogP contribution in [0, 0.1) is 12.3 Å². The number of benzene rings is 1. The van der Waals surface area contributed by atoms with Crippen molar-refractivity contribution in [2.45, 2.75) is 26.8 Å². The lowest BCUT2D eigenvalue weighted by molar-refractivity contribution is 0.880. The van der Waals surface area contributed by atoms with Crippen LogP contribution in [0.3, 0.4) is 0 Å².